The summed E-state index contributed by atoms with van der Waals surface area (Å²) in [5, 5.41) is 24.0. The quantitative estimate of drug-likeness (QED) is 0.449. The summed E-state index contributed by atoms with van der Waals surface area (Å²) in [6.07, 6.45) is 0. The lowest BCUT2D eigenvalue weighted by Crippen LogP contribution is -2.59. The molecule has 1 aromatic heterocycles. The van der Waals surface area contributed by atoms with Crippen molar-refractivity contribution in [1.29, 1.82) is 0 Å². The zero-order valence-corrected chi connectivity index (χ0v) is 10.00. The fourth-order valence-corrected chi connectivity index (χ4v) is 2.31. The van der Waals surface area contributed by atoms with Crippen molar-refractivity contribution in [3.05, 3.63) is 16.3 Å². The van der Waals surface area contributed by atoms with Crippen molar-refractivity contribution < 1.29 is 9.84 Å². The van der Waals surface area contributed by atoms with E-state index in [0.29, 0.717) is 11.4 Å². The number of rotatable bonds is 1. The van der Waals surface area contributed by atoms with Gasteiger partial charge in [0.25, 0.3) is 0 Å². The Morgan fingerprint density at radius 1 is 1.24 bits per heavy atom. The van der Waals surface area contributed by atoms with Crippen LogP contribution in [0.1, 0.15) is 39.1 Å². The number of nitrogens with zero attached hydrogens (tertiary/aromatic N) is 5. The Bertz CT molecular complexity index is 491. The van der Waals surface area contributed by atoms with E-state index in [-0.39, 0.29) is 5.71 Å². The third kappa shape index (κ3) is 1.26. The van der Waals surface area contributed by atoms with Crippen molar-refractivity contribution >= 4 is 5.71 Å². The van der Waals surface area contributed by atoms with Crippen LogP contribution in [0.15, 0.2) is 15.1 Å². The first-order chi connectivity index (χ1) is 7.87. The second kappa shape index (κ2) is 3.25. The second-order valence-corrected chi connectivity index (χ2v) is 4.92. The molecule has 2 heterocycles. The van der Waals surface area contributed by atoms with E-state index in [0.717, 1.165) is 0 Å². The highest BCUT2D eigenvalue weighted by Crippen LogP contribution is 2.41. The third-order valence-electron chi connectivity index (χ3n) is 3.11. The Morgan fingerprint density at radius 2 is 1.88 bits per heavy atom. The molecule has 0 atom stereocenters. The average Bonchev–Trinajstić information content (AvgIpc) is 2.66. The molecule has 0 aromatic carbocycles. The van der Waals surface area contributed by atoms with Gasteiger partial charge < -0.3 is 5.21 Å². The maximum Gasteiger partial charge on any atom is 0.160 e. The van der Waals surface area contributed by atoms with Gasteiger partial charge in [0, 0.05) is 0 Å². The summed E-state index contributed by atoms with van der Waals surface area (Å²) in [4.78, 5) is 11.0. The number of aromatic nitrogens is 2. The van der Waals surface area contributed by atoms with Crippen LogP contribution in [0.2, 0.25) is 0 Å². The zero-order chi connectivity index (χ0) is 12.8. The molecule has 0 aliphatic carbocycles. The molecule has 1 aliphatic heterocycles. The lowest BCUT2D eigenvalue weighted by Gasteiger charge is -2.46. The van der Waals surface area contributed by atoms with Gasteiger partial charge in [-0.1, -0.05) is 10.3 Å². The molecular formula is C9H13N5O3. The molecule has 17 heavy (non-hydrogen) atoms. The minimum absolute atomic E-state index is 0.202. The highest BCUT2D eigenvalue weighted by Gasteiger charge is 2.53. The van der Waals surface area contributed by atoms with Gasteiger partial charge in [-0.2, -0.15) is 0 Å². The van der Waals surface area contributed by atoms with Crippen LogP contribution in [0, 0.1) is 4.91 Å². The zero-order valence-electron chi connectivity index (χ0n) is 10.00. The number of hydrogen-bond donors (Lipinski definition) is 1. The Hall–Kier alpha value is -1.99. The molecule has 1 aliphatic rings. The molecule has 1 N–H and O–H groups in total. The average molecular weight is 239 g/mol. The van der Waals surface area contributed by atoms with Gasteiger partial charge in [-0.15, -0.1) is 4.91 Å². The molecule has 1 aromatic rings. The first-order valence-corrected chi connectivity index (χ1v) is 5.07. The predicted octanol–water partition coefficient (Wildman–Crippen LogP) is 1.26. The highest BCUT2D eigenvalue weighted by molar-refractivity contribution is 6.07. The van der Waals surface area contributed by atoms with Crippen LogP contribution in [0.3, 0.4) is 0 Å². The minimum Gasteiger partial charge on any atom is -0.411 e. The molecule has 0 fully saturated rings. The summed E-state index contributed by atoms with van der Waals surface area (Å²) in [5.41, 5.74) is -0.709. The van der Waals surface area contributed by atoms with Gasteiger partial charge in [0.2, 0.25) is 0 Å². The van der Waals surface area contributed by atoms with Crippen LogP contribution in [0.4, 0.5) is 0 Å². The lowest BCUT2D eigenvalue weighted by molar-refractivity contribution is 0.0397. The van der Waals surface area contributed by atoms with Crippen molar-refractivity contribution in [3.8, 4) is 0 Å². The SMILES string of the molecule is CC1(C)/C(=N/O)c2nonc2C(C)(C)N1N=O. The first kappa shape index (κ1) is 11.5. The van der Waals surface area contributed by atoms with Gasteiger partial charge in [0.05, 0.1) is 5.29 Å². The van der Waals surface area contributed by atoms with Crippen LogP contribution in [-0.2, 0) is 5.54 Å². The van der Waals surface area contributed by atoms with Crippen molar-refractivity contribution in [3.63, 3.8) is 0 Å². The Balaban J connectivity index is 2.76. The summed E-state index contributed by atoms with van der Waals surface area (Å²) in [7, 11) is 0. The Kier molecular flexibility index (Phi) is 2.20. The number of nitroso groups, excluding NO2 is 1. The molecule has 0 saturated carbocycles. The smallest absolute Gasteiger partial charge is 0.160 e. The third-order valence-corrected chi connectivity index (χ3v) is 3.11. The summed E-state index contributed by atoms with van der Waals surface area (Å²) >= 11 is 0. The predicted molar refractivity (Wildman–Crippen MR) is 57.4 cm³/mol. The minimum atomic E-state index is -0.897. The van der Waals surface area contributed by atoms with Crippen LogP contribution in [-0.4, -0.2) is 31.8 Å². The standard InChI is InChI=1S/C9H13N5O3/c1-8(2)6(10-15)5-7(12-17-11-5)9(3,4)14(8)13-16/h15H,1-4H3/b10-6+. The van der Waals surface area contributed by atoms with Gasteiger partial charge in [0.15, 0.2) is 5.69 Å². The van der Waals surface area contributed by atoms with E-state index in [4.69, 9.17) is 5.21 Å². The van der Waals surface area contributed by atoms with Crippen molar-refractivity contribution in [2.24, 2.45) is 10.4 Å². The van der Waals surface area contributed by atoms with E-state index in [1.165, 1.54) is 5.01 Å². The van der Waals surface area contributed by atoms with Gasteiger partial charge in [-0.05, 0) is 32.9 Å². The van der Waals surface area contributed by atoms with Gasteiger partial charge in [0.1, 0.15) is 22.5 Å². The number of fused-ring (bicyclic) bond motifs is 1. The van der Waals surface area contributed by atoms with Crippen molar-refractivity contribution in [2.45, 2.75) is 38.8 Å². The van der Waals surface area contributed by atoms with E-state index in [1.54, 1.807) is 27.7 Å². The summed E-state index contributed by atoms with van der Waals surface area (Å²) in [5.74, 6) is 0. The first-order valence-electron chi connectivity index (χ1n) is 5.07. The van der Waals surface area contributed by atoms with E-state index in [2.05, 4.69) is 25.4 Å². The Morgan fingerprint density at radius 3 is 2.41 bits per heavy atom. The normalized spacial score (nSPS) is 23.5. The summed E-state index contributed by atoms with van der Waals surface area (Å²) in [6.45, 7) is 6.96. The Labute approximate surface area is 97.2 Å². The van der Waals surface area contributed by atoms with Crippen molar-refractivity contribution in [2.75, 3.05) is 0 Å². The second-order valence-electron chi connectivity index (χ2n) is 4.92. The van der Waals surface area contributed by atoms with Crippen molar-refractivity contribution in [1.82, 2.24) is 15.3 Å². The topological polar surface area (TPSA) is 104 Å². The molecular weight excluding hydrogens is 226 g/mol. The van der Waals surface area contributed by atoms with E-state index < -0.39 is 11.1 Å². The molecule has 92 valence electrons. The fourth-order valence-electron chi connectivity index (χ4n) is 2.31. The molecule has 8 heteroatoms. The molecule has 8 nitrogen and oxygen atoms in total. The summed E-state index contributed by atoms with van der Waals surface area (Å²) < 4.78 is 4.66. The van der Waals surface area contributed by atoms with Crippen LogP contribution >= 0.6 is 0 Å². The molecule has 0 spiro atoms. The molecule has 0 saturated heterocycles. The maximum absolute atomic E-state index is 11.0. The molecule has 0 unspecified atom stereocenters. The van der Waals surface area contributed by atoms with E-state index in [1.807, 2.05) is 0 Å². The van der Waals surface area contributed by atoms with Crippen LogP contribution in [0.25, 0.3) is 0 Å². The van der Waals surface area contributed by atoms with Gasteiger partial charge in [-0.25, -0.2) is 9.64 Å². The largest absolute Gasteiger partial charge is 0.411 e. The number of oxime groups is 1. The van der Waals surface area contributed by atoms with Gasteiger partial charge >= 0.3 is 0 Å². The van der Waals surface area contributed by atoms with Gasteiger partial charge in [-0.3, -0.25) is 0 Å². The molecule has 0 bridgehead atoms. The van der Waals surface area contributed by atoms with E-state index in [9.17, 15) is 4.91 Å². The molecule has 0 radical (unpaired) electrons. The van der Waals surface area contributed by atoms with Crippen LogP contribution < -0.4 is 0 Å². The molecule has 2 rings (SSSR count). The number of hydrogen-bond acceptors (Lipinski definition) is 7. The lowest BCUT2D eigenvalue weighted by atomic mass is 9.81. The summed E-state index contributed by atoms with van der Waals surface area (Å²) in [6, 6.07) is 0. The monoisotopic (exact) mass is 239 g/mol. The van der Waals surface area contributed by atoms with Crippen LogP contribution in [0.5, 0.6) is 0 Å². The maximum atomic E-state index is 11.0. The molecule has 0 amide bonds. The highest BCUT2D eigenvalue weighted by atomic mass is 16.6. The fraction of sp³-hybridized carbons (Fsp3) is 0.667. The van der Waals surface area contributed by atoms with E-state index >= 15 is 0 Å².